The average Bonchev–Trinajstić information content (AvgIpc) is 2.18. The Morgan fingerprint density at radius 3 is 2.76 bits per heavy atom. The van der Waals surface area contributed by atoms with Gasteiger partial charge in [0.1, 0.15) is 0 Å². The maximum absolute atomic E-state index is 4.85. The molecule has 2 nitrogen and oxygen atoms in total. The van der Waals surface area contributed by atoms with Gasteiger partial charge in [0, 0.05) is 6.54 Å². The van der Waals surface area contributed by atoms with E-state index in [0.717, 1.165) is 13.0 Å². The van der Waals surface area contributed by atoms with Crippen molar-refractivity contribution in [2.45, 2.75) is 65.3 Å². The largest absolute Gasteiger partial charge is 0.290 e. The van der Waals surface area contributed by atoms with Crippen molar-refractivity contribution in [1.29, 1.82) is 0 Å². The fourth-order valence-corrected chi connectivity index (χ4v) is 2.67. The standard InChI is InChI=1S/C15H26N2/c1-15(2,3)12-13-9-10-14-8-6-4-5-7-11-17(14)16-13/h9-10,14H,4-8,11-12H2,1-3H3. The monoisotopic (exact) mass is 234 g/mol. The molecular formula is C15H26N2. The third kappa shape index (κ3) is 3.86. The lowest BCUT2D eigenvalue weighted by Gasteiger charge is -2.33. The number of nitrogens with zero attached hydrogens (tertiary/aromatic N) is 2. The van der Waals surface area contributed by atoms with E-state index in [1.807, 2.05) is 0 Å². The van der Waals surface area contributed by atoms with Gasteiger partial charge in [0.05, 0.1) is 11.8 Å². The van der Waals surface area contributed by atoms with E-state index in [9.17, 15) is 0 Å². The third-order valence-corrected chi connectivity index (χ3v) is 3.50. The fraction of sp³-hybridized carbons (Fsp3) is 0.800. The van der Waals surface area contributed by atoms with Gasteiger partial charge < -0.3 is 0 Å². The molecule has 0 aromatic rings. The van der Waals surface area contributed by atoms with Crippen molar-refractivity contribution in [1.82, 2.24) is 5.01 Å². The van der Waals surface area contributed by atoms with Crippen LogP contribution < -0.4 is 0 Å². The molecule has 0 aliphatic carbocycles. The molecule has 2 rings (SSSR count). The van der Waals surface area contributed by atoms with E-state index < -0.39 is 0 Å². The second-order valence-electron chi connectivity index (χ2n) is 6.62. The summed E-state index contributed by atoms with van der Waals surface area (Å²) in [5, 5.41) is 7.19. The minimum absolute atomic E-state index is 0.332. The van der Waals surface area contributed by atoms with Gasteiger partial charge in [-0.15, -0.1) is 0 Å². The molecule has 0 spiro atoms. The first-order valence-corrected chi connectivity index (χ1v) is 7.07. The molecule has 0 bridgehead atoms. The van der Waals surface area contributed by atoms with E-state index >= 15 is 0 Å². The first-order chi connectivity index (χ1) is 8.04. The van der Waals surface area contributed by atoms with Crippen molar-refractivity contribution in [3.63, 3.8) is 0 Å². The second-order valence-corrected chi connectivity index (χ2v) is 6.62. The predicted octanol–water partition coefficient (Wildman–Crippen LogP) is 3.98. The first kappa shape index (κ1) is 12.7. The summed E-state index contributed by atoms with van der Waals surface area (Å²) in [6.45, 7) is 7.98. The predicted molar refractivity (Wildman–Crippen MR) is 74.2 cm³/mol. The Balaban J connectivity index is 2.02. The zero-order valence-corrected chi connectivity index (χ0v) is 11.6. The van der Waals surface area contributed by atoms with Gasteiger partial charge in [-0.3, -0.25) is 5.01 Å². The maximum Gasteiger partial charge on any atom is 0.0654 e. The van der Waals surface area contributed by atoms with Gasteiger partial charge in [-0.25, -0.2) is 0 Å². The van der Waals surface area contributed by atoms with E-state index in [1.54, 1.807) is 0 Å². The van der Waals surface area contributed by atoms with E-state index in [2.05, 4.69) is 37.9 Å². The van der Waals surface area contributed by atoms with Crippen LogP contribution in [0.1, 0.15) is 59.3 Å². The molecule has 1 unspecified atom stereocenters. The molecular weight excluding hydrogens is 208 g/mol. The van der Waals surface area contributed by atoms with Crippen LogP contribution >= 0.6 is 0 Å². The summed E-state index contributed by atoms with van der Waals surface area (Å²) < 4.78 is 0. The van der Waals surface area contributed by atoms with Crippen LogP contribution in [0.3, 0.4) is 0 Å². The van der Waals surface area contributed by atoms with Gasteiger partial charge in [0.25, 0.3) is 0 Å². The van der Waals surface area contributed by atoms with E-state index in [1.165, 1.54) is 37.8 Å². The Labute approximate surface area is 106 Å². The molecule has 1 atom stereocenters. The lowest BCUT2D eigenvalue weighted by Crippen LogP contribution is -2.35. The van der Waals surface area contributed by atoms with Gasteiger partial charge in [-0.1, -0.05) is 46.1 Å². The van der Waals surface area contributed by atoms with Crippen LogP contribution in [0.2, 0.25) is 0 Å². The number of hydrazone groups is 1. The molecule has 0 aromatic heterocycles. The zero-order valence-electron chi connectivity index (χ0n) is 11.6. The van der Waals surface area contributed by atoms with Crippen molar-refractivity contribution in [3.8, 4) is 0 Å². The van der Waals surface area contributed by atoms with Gasteiger partial charge >= 0.3 is 0 Å². The SMILES string of the molecule is CC(C)(C)CC1=NN2CCCCCCC2C=C1. The summed E-state index contributed by atoms with van der Waals surface area (Å²) in [7, 11) is 0. The number of allylic oxidation sites excluding steroid dienone is 1. The maximum atomic E-state index is 4.85. The Bertz CT molecular complexity index is 309. The number of hydrogen-bond acceptors (Lipinski definition) is 2. The normalized spacial score (nSPS) is 25.9. The van der Waals surface area contributed by atoms with Crippen molar-refractivity contribution in [3.05, 3.63) is 12.2 Å². The summed E-state index contributed by atoms with van der Waals surface area (Å²) in [6.07, 6.45) is 12.4. The Kier molecular flexibility index (Phi) is 3.90. The highest BCUT2D eigenvalue weighted by atomic mass is 15.5. The van der Waals surface area contributed by atoms with Crippen LogP contribution in [0.15, 0.2) is 17.3 Å². The topological polar surface area (TPSA) is 15.6 Å². The Morgan fingerprint density at radius 2 is 2.00 bits per heavy atom. The second kappa shape index (κ2) is 5.24. The smallest absolute Gasteiger partial charge is 0.0654 e. The van der Waals surface area contributed by atoms with Gasteiger partial charge in [-0.2, -0.15) is 5.10 Å². The molecule has 0 radical (unpaired) electrons. The molecule has 0 amide bonds. The molecule has 17 heavy (non-hydrogen) atoms. The average molecular weight is 234 g/mol. The summed E-state index contributed by atoms with van der Waals surface area (Å²) in [6, 6.07) is 0.569. The zero-order chi connectivity index (χ0) is 12.3. The minimum atomic E-state index is 0.332. The quantitative estimate of drug-likeness (QED) is 0.670. The highest BCUT2D eigenvalue weighted by molar-refractivity contribution is 5.95. The minimum Gasteiger partial charge on any atom is -0.290 e. The summed E-state index contributed by atoms with van der Waals surface area (Å²) in [4.78, 5) is 0. The molecule has 0 saturated carbocycles. The lowest BCUT2D eigenvalue weighted by molar-refractivity contribution is 0.204. The molecule has 2 aliphatic heterocycles. The molecule has 2 heteroatoms. The van der Waals surface area contributed by atoms with Crippen molar-refractivity contribution >= 4 is 5.71 Å². The molecule has 0 N–H and O–H groups in total. The third-order valence-electron chi connectivity index (χ3n) is 3.50. The summed E-state index contributed by atoms with van der Waals surface area (Å²) in [5.74, 6) is 0. The highest BCUT2D eigenvalue weighted by Gasteiger charge is 2.22. The van der Waals surface area contributed by atoms with Crippen LogP contribution in [-0.2, 0) is 0 Å². The van der Waals surface area contributed by atoms with Crippen LogP contribution in [0.25, 0.3) is 0 Å². The van der Waals surface area contributed by atoms with Crippen molar-refractivity contribution < 1.29 is 0 Å². The lowest BCUT2D eigenvalue weighted by atomic mass is 9.89. The van der Waals surface area contributed by atoms with Crippen LogP contribution in [0.4, 0.5) is 0 Å². The fourth-order valence-electron chi connectivity index (χ4n) is 2.67. The van der Waals surface area contributed by atoms with Crippen LogP contribution in [-0.4, -0.2) is 23.3 Å². The van der Waals surface area contributed by atoms with E-state index in [4.69, 9.17) is 5.10 Å². The summed E-state index contributed by atoms with van der Waals surface area (Å²) >= 11 is 0. The van der Waals surface area contributed by atoms with Crippen LogP contribution in [0.5, 0.6) is 0 Å². The van der Waals surface area contributed by atoms with Gasteiger partial charge in [0.15, 0.2) is 0 Å². The molecule has 1 fully saturated rings. The van der Waals surface area contributed by atoms with Gasteiger partial charge in [0.2, 0.25) is 0 Å². The molecule has 2 heterocycles. The number of fused-ring (bicyclic) bond motifs is 1. The highest BCUT2D eigenvalue weighted by Crippen LogP contribution is 2.25. The van der Waals surface area contributed by atoms with E-state index in [-0.39, 0.29) is 0 Å². The molecule has 1 saturated heterocycles. The molecule has 96 valence electrons. The number of hydrogen-bond donors (Lipinski definition) is 0. The molecule has 2 aliphatic rings. The van der Waals surface area contributed by atoms with Crippen LogP contribution in [0, 0.1) is 5.41 Å². The first-order valence-electron chi connectivity index (χ1n) is 7.07. The Morgan fingerprint density at radius 1 is 1.24 bits per heavy atom. The Hall–Kier alpha value is -0.790. The van der Waals surface area contributed by atoms with E-state index in [0.29, 0.717) is 11.5 Å². The number of rotatable bonds is 1. The van der Waals surface area contributed by atoms with Crippen molar-refractivity contribution in [2.75, 3.05) is 6.54 Å². The molecule has 0 aromatic carbocycles. The van der Waals surface area contributed by atoms with Crippen molar-refractivity contribution in [2.24, 2.45) is 10.5 Å². The summed E-state index contributed by atoms with van der Waals surface area (Å²) in [5.41, 5.74) is 1.59. The van der Waals surface area contributed by atoms with Gasteiger partial charge in [-0.05, 0) is 30.8 Å².